The quantitative estimate of drug-likeness (QED) is 0.820. The lowest BCUT2D eigenvalue weighted by molar-refractivity contribution is 0.0691. The molecule has 0 unspecified atom stereocenters. The number of thioether (sulfide) groups is 1. The zero-order valence-corrected chi connectivity index (χ0v) is 13.0. The van der Waals surface area contributed by atoms with Gasteiger partial charge in [-0.1, -0.05) is 23.8 Å². The number of aryl methyl sites for hydroxylation is 3. The van der Waals surface area contributed by atoms with Crippen LogP contribution >= 0.6 is 11.8 Å². The fraction of sp³-hybridized carbons (Fsp3) is 0.429. The number of carboxylic acid groups (broad SMARTS) is 1. The van der Waals surface area contributed by atoms with Crippen molar-refractivity contribution in [2.24, 2.45) is 0 Å². The molecule has 2 aromatic heterocycles. The zero-order valence-electron chi connectivity index (χ0n) is 12.2. The van der Waals surface area contributed by atoms with Crippen LogP contribution in [0.1, 0.15) is 46.7 Å². The molecule has 21 heavy (non-hydrogen) atoms. The van der Waals surface area contributed by atoms with Crippen molar-refractivity contribution >= 4 is 17.7 Å². The van der Waals surface area contributed by atoms with Crippen molar-refractivity contribution in [3.05, 3.63) is 34.6 Å². The molecule has 112 valence electrons. The van der Waals surface area contributed by atoms with E-state index in [0.717, 1.165) is 18.5 Å². The number of carboxylic acids is 1. The van der Waals surface area contributed by atoms with Crippen LogP contribution in [0.3, 0.4) is 0 Å². The summed E-state index contributed by atoms with van der Waals surface area (Å²) >= 11 is 1.31. The van der Waals surface area contributed by atoms with E-state index in [-0.39, 0.29) is 5.56 Å². The van der Waals surface area contributed by atoms with Crippen LogP contribution in [0.2, 0.25) is 0 Å². The monoisotopic (exact) mass is 307 g/mol. The van der Waals surface area contributed by atoms with Gasteiger partial charge in [-0.2, -0.15) is 4.98 Å². The Kier molecular flexibility index (Phi) is 4.95. The molecule has 0 fully saturated rings. The van der Waals surface area contributed by atoms with E-state index in [1.165, 1.54) is 11.8 Å². The van der Waals surface area contributed by atoms with Crippen LogP contribution < -0.4 is 0 Å². The minimum absolute atomic E-state index is 0.239. The summed E-state index contributed by atoms with van der Waals surface area (Å²) in [5, 5.41) is 13.7. The second kappa shape index (κ2) is 6.71. The molecule has 0 aromatic carbocycles. The average Bonchev–Trinajstić information content (AvgIpc) is 2.83. The second-order valence-corrected chi connectivity index (χ2v) is 5.67. The summed E-state index contributed by atoms with van der Waals surface area (Å²) in [6, 6.07) is 1.77. The Balaban J connectivity index is 2.17. The van der Waals surface area contributed by atoms with Crippen LogP contribution in [0.25, 0.3) is 0 Å². The molecule has 0 saturated heterocycles. The summed E-state index contributed by atoms with van der Waals surface area (Å²) in [4.78, 5) is 19.9. The highest BCUT2D eigenvalue weighted by atomic mass is 32.2. The lowest BCUT2D eigenvalue weighted by Crippen LogP contribution is -2.05. The highest BCUT2D eigenvalue weighted by molar-refractivity contribution is 7.98. The van der Waals surface area contributed by atoms with Gasteiger partial charge in [0.2, 0.25) is 5.89 Å². The van der Waals surface area contributed by atoms with Gasteiger partial charge in [0.25, 0.3) is 0 Å². The van der Waals surface area contributed by atoms with Gasteiger partial charge >= 0.3 is 5.97 Å². The lowest BCUT2D eigenvalue weighted by Gasteiger charge is -2.08. The molecule has 0 spiro atoms. The first-order valence-corrected chi connectivity index (χ1v) is 7.65. The Morgan fingerprint density at radius 1 is 1.38 bits per heavy atom. The standard InChI is InChI=1S/C14H17N3O3S/c1-4-5-11-16-10(17-20-11)7-21-13-12(14(18)19)8(2)6-9(3)15-13/h6H,4-5,7H2,1-3H3,(H,18,19). The van der Waals surface area contributed by atoms with E-state index >= 15 is 0 Å². The van der Waals surface area contributed by atoms with E-state index in [1.807, 2.05) is 13.8 Å². The van der Waals surface area contributed by atoms with Gasteiger partial charge in [0.15, 0.2) is 5.82 Å². The first-order valence-electron chi connectivity index (χ1n) is 6.67. The number of pyridine rings is 1. The highest BCUT2D eigenvalue weighted by Crippen LogP contribution is 2.26. The van der Waals surface area contributed by atoms with Crippen LogP contribution in [-0.2, 0) is 12.2 Å². The molecular formula is C14H17N3O3S. The minimum atomic E-state index is -0.970. The van der Waals surface area contributed by atoms with E-state index in [9.17, 15) is 9.90 Å². The van der Waals surface area contributed by atoms with Crippen molar-refractivity contribution in [1.82, 2.24) is 15.1 Å². The summed E-state index contributed by atoms with van der Waals surface area (Å²) in [5.74, 6) is 0.631. The van der Waals surface area contributed by atoms with Crippen LogP contribution in [-0.4, -0.2) is 26.2 Å². The smallest absolute Gasteiger partial charge is 0.338 e. The van der Waals surface area contributed by atoms with E-state index in [1.54, 1.807) is 13.0 Å². The van der Waals surface area contributed by atoms with E-state index < -0.39 is 5.97 Å². The summed E-state index contributed by atoms with van der Waals surface area (Å²) in [6.45, 7) is 5.66. The topological polar surface area (TPSA) is 89.1 Å². The van der Waals surface area contributed by atoms with Gasteiger partial charge < -0.3 is 9.63 Å². The number of hydrogen-bond acceptors (Lipinski definition) is 6. The van der Waals surface area contributed by atoms with Crippen molar-refractivity contribution in [3.63, 3.8) is 0 Å². The third-order valence-electron chi connectivity index (χ3n) is 2.84. The number of aromatic nitrogens is 3. The first-order chi connectivity index (χ1) is 10.0. The fourth-order valence-corrected chi connectivity index (χ4v) is 2.95. The second-order valence-electron chi connectivity index (χ2n) is 4.71. The normalized spacial score (nSPS) is 10.8. The Morgan fingerprint density at radius 2 is 2.14 bits per heavy atom. The molecule has 2 rings (SSSR count). The number of rotatable bonds is 6. The maximum atomic E-state index is 11.4. The summed E-state index contributed by atoms with van der Waals surface area (Å²) < 4.78 is 5.11. The van der Waals surface area contributed by atoms with Gasteiger partial charge in [-0.15, -0.1) is 0 Å². The molecule has 0 aliphatic carbocycles. The summed E-state index contributed by atoms with van der Waals surface area (Å²) in [7, 11) is 0. The molecule has 6 nitrogen and oxygen atoms in total. The molecule has 2 aromatic rings. The van der Waals surface area contributed by atoms with Gasteiger partial charge in [-0.25, -0.2) is 9.78 Å². The van der Waals surface area contributed by atoms with Gasteiger partial charge in [0.1, 0.15) is 5.03 Å². The van der Waals surface area contributed by atoms with Crippen LogP contribution in [0.5, 0.6) is 0 Å². The van der Waals surface area contributed by atoms with Crippen molar-refractivity contribution in [2.45, 2.75) is 44.4 Å². The van der Waals surface area contributed by atoms with Crippen molar-refractivity contribution in [2.75, 3.05) is 0 Å². The van der Waals surface area contributed by atoms with Crippen LogP contribution in [0.4, 0.5) is 0 Å². The summed E-state index contributed by atoms with van der Waals surface area (Å²) in [6.07, 6.45) is 1.69. The van der Waals surface area contributed by atoms with E-state index in [0.29, 0.717) is 28.1 Å². The molecule has 0 amide bonds. The van der Waals surface area contributed by atoms with E-state index in [2.05, 4.69) is 15.1 Å². The van der Waals surface area contributed by atoms with Crippen molar-refractivity contribution in [1.29, 1.82) is 0 Å². The third-order valence-corrected chi connectivity index (χ3v) is 3.81. The SMILES string of the molecule is CCCc1nc(CSc2nc(C)cc(C)c2C(=O)O)no1. The molecule has 1 N–H and O–H groups in total. The van der Waals surface area contributed by atoms with Gasteiger partial charge in [-0.3, -0.25) is 0 Å². The Morgan fingerprint density at radius 3 is 2.81 bits per heavy atom. The Bertz CT molecular complexity index is 655. The van der Waals surface area contributed by atoms with E-state index in [4.69, 9.17) is 4.52 Å². The predicted octanol–water partition coefficient (Wildman–Crippen LogP) is 3.02. The molecule has 0 atom stereocenters. The van der Waals surface area contributed by atoms with Gasteiger partial charge in [-0.05, 0) is 31.9 Å². The molecule has 0 aliphatic rings. The van der Waals surface area contributed by atoms with Gasteiger partial charge in [0, 0.05) is 12.1 Å². The number of aromatic carboxylic acids is 1. The lowest BCUT2D eigenvalue weighted by atomic mass is 10.1. The fourth-order valence-electron chi connectivity index (χ4n) is 1.96. The third kappa shape index (κ3) is 3.81. The molecule has 0 saturated carbocycles. The molecule has 7 heteroatoms. The Labute approximate surface area is 127 Å². The first kappa shape index (κ1) is 15.5. The van der Waals surface area contributed by atoms with Crippen LogP contribution in [0, 0.1) is 13.8 Å². The average molecular weight is 307 g/mol. The maximum absolute atomic E-state index is 11.4. The predicted molar refractivity (Wildman–Crippen MR) is 78.5 cm³/mol. The minimum Gasteiger partial charge on any atom is -0.478 e. The number of hydrogen-bond donors (Lipinski definition) is 1. The maximum Gasteiger partial charge on any atom is 0.338 e. The summed E-state index contributed by atoms with van der Waals surface area (Å²) in [5.41, 5.74) is 1.74. The molecule has 0 aliphatic heterocycles. The number of carbonyl (C=O) groups is 1. The highest BCUT2D eigenvalue weighted by Gasteiger charge is 2.17. The van der Waals surface area contributed by atoms with Crippen molar-refractivity contribution in [3.8, 4) is 0 Å². The largest absolute Gasteiger partial charge is 0.478 e. The number of nitrogens with zero attached hydrogens (tertiary/aromatic N) is 3. The Hall–Kier alpha value is -1.89. The van der Waals surface area contributed by atoms with Crippen molar-refractivity contribution < 1.29 is 14.4 Å². The van der Waals surface area contributed by atoms with Gasteiger partial charge in [0.05, 0.1) is 11.3 Å². The molecule has 0 bridgehead atoms. The zero-order chi connectivity index (χ0) is 15.4. The molecule has 0 radical (unpaired) electrons. The van der Waals surface area contributed by atoms with Crippen LogP contribution in [0.15, 0.2) is 15.6 Å². The molecule has 2 heterocycles. The molecular weight excluding hydrogens is 290 g/mol.